The molecular formula is C25H19ClN2O4. The third kappa shape index (κ3) is 5.27. The molecule has 0 unspecified atom stereocenters. The lowest BCUT2D eigenvalue weighted by Crippen LogP contribution is -1.97. The zero-order valence-electron chi connectivity index (χ0n) is 16.9. The first-order chi connectivity index (χ1) is 15.5. The molecule has 1 aromatic heterocycles. The van der Waals surface area contributed by atoms with E-state index in [0.29, 0.717) is 39.8 Å². The lowest BCUT2D eigenvalue weighted by atomic mass is 10.1. The van der Waals surface area contributed by atoms with E-state index in [1.807, 2.05) is 36.4 Å². The highest BCUT2D eigenvalue weighted by Gasteiger charge is 2.09. The molecule has 0 aliphatic rings. The van der Waals surface area contributed by atoms with Gasteiger partial charge in [-0.2, -0.15) is 4.98 Å². The van der Waals surface area contributed by atoms with Crippen LogP contribution >= 0.6 is 11.6 Å². The van der Waals surface area contributed by atoms with Gasteiger partial charge in [0.05, 0.1) is 22.7 Å². The largest absolute Gasteiger partial charge is 0.481 e. The van der Waals surface area contributed by atoms with Crippen molar-refractivity contribution in [1.29, 1.82) is 0 Å². The number of hydrogen-bond acceptors (Lipinski definition) is 4. The number of H-pyrrole nitrogens is 1. The van der Waals surface area contributed by atoms with E-state index in [-0.39, 0.29) is 13.0 Å². The summed E-state index contributed by atoms with van der Waals surface area (Å²) in [5.41, 5.74) is 4.52. The molecule has 32 heavy (non-hydrogen) atoms. The second-order valence-corrected chi connectivity index (χ2v) is 7.55. The van der Waals surface area contributed by atoms with Gasteiger partial charge in [-0.1, -0.05) is 47.7 Å². The highest BCUT2D eigenvalue weighted by atomic mass is 35.5. The molecule has 4 rings (SSSR count). The van der Waals surface area contributed by atoms with E-state index in [1.54, 1.807) is 24.3 Å². The molecule has 3 aromatic carbocycles. The van der Waals surface area contributed by atoms with Crippen molar-refractivity contribution in [2.45, 2.75) is 19.4 Å². The number of carbonyl (C=O) groups is 1. The molecule has 0 bridgehead atoms. The van der Waals surface area contributed by atoms with Crippen LogP contribution < -0.4 is 4.74 Å². The molecule has 3 N–H and O–H groups in total. The van der Waals surface area contributed by atoms with Crippen LogP contribution in [0.15, 0.2) is 60.7 Å². The van der Waals surface area contributed by atoms with Crippen LogP contribution in [-0.2, 0) is 17.8 Å². The topological polar surface area (TPSA) is 95.4 Å². The fraction of sp³-hybridized carbons (Fsp3) is 0.120. The summed E-state index contributed by atoms with van der Waals surface area (Å²) in [4.78, 5) is 18.3. The molecule has 0 spiro atoms. The number of rotatable bonds is 6. The van der Waals surface area contributed by atoms with Gasteiger partial charge >= 0.3 is 5.97 Å². The molecular weight excluding hydrogens is 428 g/mol. The number of aromatic amines is 1. The van der Waals surface area contributed by atoms with Gasteiger partial charge in [-0.05, 0) is 53.9 Å². The normalized spacial score (nSPS) is 10.6. The fourth-order valence-corrected chi connectivity index (χ4v) is 3.32. The molecule has 0 amide bonds. The number of aliphatic hydroxyl groups excluding tert-OH is 1. The summed E-state index contributed by atoms with van der Waals surface area (Å²) in [6.07, 6.45) is 0.481. The van der Waals surface area contributed by atoms with Gasteiger partial charge < -0.3 is 19.9 Å². The lowest BCUT2D eigenvalue weighted by Gasteiger charge is -2.04. The van der Waals surface area contributed by atoms with E-state index in [1.165, 1.54) is 0 Å². The maximum Gasteiger partial charge on any atom is 0.303 e. The van der Waals surface area contributed by atoms with Crippen LogP contribution in [0, 0.1) is 11.8 Å². The lowest BCUT2D eigenvalue weighted by molar-refractivity contribution is -0.136. The zero-order valence-corrected chi connectivity index (χ0v) is 17.7. The number of benzene rings is 3. The molecule has 0 atom stereocenters. The number of aromatic nitrogens is 2. The Morgan fingerprint density at radius 2 is 1.88 bits per heavy atom. The Hall–Kier alpha value is -3.79. The number of carboxylic acids is 1. The van der Waals surface area contributed by atoms with Crippen LogP contribution in [0.4, 0.5) is 0 Å². The van der Waals surface area contributed by atoms with E-state index in [2.05, 4.69) is 21.8 Å². The fourth-order valence-electron chi connectivity index (χ4n) is 3.11. The summed E-state index contributed by atoms with van der Waals surface area (Å²) in [7, 11) is 0. The predicted molar refractivity (Wildman–Crippen MR) is 122 cm³/mol. The number of nitrogens with one attached hydrogen (secondary N) is 1. The SMILES string of the molecule is O=C(O)CCc1cccc(Oc2nc3cc(C#Cc4ccc(CO)cc4)c(Cl)cc3[nH]2)c1. The standard InChI is InChI=1S/C25H19ClN2O4/c26-21-14-23-22(13-19(21)10-8-16-4-6-18(15-29)7-5-16)27-25(28-23)32-20-3-1-2-17(12-20)9-11-24(30)31/h1-7,12-14,29H,9,11,15H2,(H,27,28)(H,30,31). The monoisotopic (exact) mass is 446 g/mol. The van der Waals surface area contributed by atoms with Crippen LogP contribution in [0.1, 0.15) is 28.7 Å². The molecule has 0 saturated heterocycles. The molecule has 0 radical (unpaired) electrons. The van der Waals surface area contributed by atoms with Crippen molar-refractivity contribution in [1.82, 2.24) is 9.97 Å². The molecule has 0 fully saturated rings. The Bertz CT molecular complexity index is 1330. The first kappa shape index (κ1) is 21.4. The van der Waals surface area contributed by atoms with Crippen molar-refractivity contribution < 1.29 is 19.7 Å². The predicted octanol–water partition coefficient (Wildman–Crippen LogP) is 4.92. The van der Waals surface area contributed by atoms with Crippen molar-refractivity contribution in [3.05, 3.63) is 87.9 Å². The smallest absolute Gasteiger partial charge is 0.303 e. The van der Waals surface area contributed by atoms with E-state index < -0.39 is 5.97 Å². The van der Waals surface area contributed by atoms with Crippen molar-refractivity contribution in [2.75, 3.05) is 0 Å². The van der Waals surface area contributed by atoms with E-state index in [0.717, 1.165) is 16.7 Å². The number of carboxylic acid groups (broad SMARTS) is 1. The molecule has 1 heterocycles. The van der Waals surface area contributed by atoms with Crippen molar-refractivity contribution in [3.63, 3.8) is 0 Å². The highest BCUT2D eigenvalue weighted by molar-refractivity contribution is 6.32. The van der Waals surface area contributed by atoms with Gasteiger partial charge in [-0.3, -0.25) is 4.79 Å². The van der Waals surface area contributed by atoms with E-state index >= 15 is 0 Å². The number of hydrogen-bond donors (Lipinski definition) is 3. The van der Waals surface area contributed by atoms with Gasteiger partial charge in [0.15, 0.2) is 0 Å². The summed E-state index contributed by atoms with van der Waals surface area (Å²) < 4.78 is 5.83. The molecule has 0 saturated carbocycles. The third-order valence-electron chi connectivity index (χ3n) is 4.77. The van der Waals surface area contributed by atoms with Gasteiger partial charge in [0.25, 0.3) is 6.01 Å². The summed E-state index contributed by atoms with van der Waals surface area (Å²) in [5.74, 6) is 5.84. The zero-order chi connectivity index (χ0) is 22.5. The highest BCUT2D eigenvalue weighted by Crippen LogP contribution is 2.27. The summed E-state index contributed by atoms with van der Waals surface area (Å²) in [6.45, 7) is -0.00754. The van der Waals surface area contributed by atoms with Crippen LogP contribution in [0.25, 0.3) is 11.0 Å². The number of imidazole rings is 1. The number of aryl methyl sites for hydroxylation is 1. The Morgan fingerprint density at radius 3 is 2.62 bits per heavy atom. The van der Waals surface area contributed by atoms with Crippen LogP contribution in [-0.4, -0.2) is 26.2 Å². The minimum Gasteiger partial charge on any atom is -0.481 e. The number of ether oxygens (including phenoxy) is 1. The molecule has 4 aromatic rings. The average Bonchev–Trinajstić information content (AvgIpc) is 3.17. The number of aliphatic hydroxyl groups is 1. The van der Waals surface area contributed by atoms with Gasteiger partial charge in [0, 0.05) is 17.5 Å². The molecule has 0 aliphatic carbocycles. The number of nitrogens with zero attached hydrogens (tertiary/aromatic N) is 1. The van der Waals surface area contributed by atoms with Gasteiger partial charge in [-0.15, -0.1) is 0 Å². The Morgan fingerprint density at radius 1 is 1.06 bits per heavy atom. The first-order valence-electron chi connectivity index (χ1n) is 9.90. The third-order valence-corrected chi connectivity index (χ3v) is 5.08. The van der Waals surface area contributed by atoms with Crippen molar-refractivity contribution >= 4 is 28.6 Å². The Balaban J connectivity index is 1.54. The van der Waals surface area contributed by atoms with Crippen LogP contribution in [0.2, 0.25) is 5.02 Å². The molecule has 7 heteroatoms. The summed E-state index contributed by atoms with van der Waals surface area (Å²) >= 11 is 6.40. The number of halogens is 1. The summed E-state index contributed by atoms with van der Waals surface area (Å²) in [5, 5.41) is 18.5. The van der Waals surface area contributed by atoms with E-state index in [4.69, 9.17) is 26.6 Å². The Kier molecular flexibility index (Phi) is 6.41. The number of fused-ring (bicyclic) bond motifs is 1. The maximum absolute atomic E-state index is 10.8. The first-order valence-corrected chi connectivity index (χ1v) is 10.3. The van der Waals surface area contributed by atoms with Crippen LogP contribution in [0.3, 0.4) is 0 Å². The second-order valence-electron chi connectivity index (χ2n) is 7.14. The van der Waals surface area contributed by atoms with Crippen molar-refractivity contribution in [3.8, 4) is 23.6 Å². The van der Waals surface area contributed by atoms with Gasteiger partial charge in [0.1, 0.15) is 5.75 Å². The second kappa shape index (κ2) is 9.56. The molecule has 160 valence electrons. The summed E-state index contributed by atoms with van der Waals surface area (Å²) in [6, 6.07) is 18.4. The Labute approximate surface area is 189 Å². The maximum atomic E-state index is 10.8. The van der Waals surface area contributed by atoms with Gasteiger partial charge in [-0.25, -0.2) is 0 Å². The van der Waals surface area contributed by atoms with Crippen LogP contribution in [0.5, 0.6) is 11.8 Å². The van der Waals surface area contributed by atoms with E-state index in [9.17, 15) is 4.79 Å². The quantitative estimate of drug-likeness (QED) is 0.365. The molecule has 0 aliphatic heterocycles. The minimum atomic E-state index is -0.841. The average molecular weight is 447 g/mol. The number of aliphatic carboxylic acids is 1. The van der Waals surface area contributed by atoms with Crippen molar-refractivity contribution in [2.24, 2.45) is 0 Å². The molecule has 6 nitrogen and oxygen atoms in total. The minimum absolute atomic E-state index is 0.00754. The van der Waals surface area contributed by atoms with Gasteiger partial charge in [0.2, 0.25) is 0 Å².